The van der Waals surface area contributed by atoms with E-state index in [0.717, 1.165) is 16.5 Å². The molecule has 1 amide bonds. The maximum Gasteiger partial charge on any atom is 0.270 e. The summed E-state index contributed by atoms with van der Waals surface area (Å²) >= 11 is 12.8. The first-order valence-corrected chi connectivity index (χ1v) is 9.22. The zero-order chi connectivity index (χ0) is 17.6. The Morgan fingerprint density at radius 3 is 2.76 bits per heavy atom. The van der Waals surface area contributed by atoms with Gasteiger partial charge in [-0.15, -0.1) is 0 Å². The molecular weight excluding hydrogens is 372 g/mol. The van der Waals surface area contributed by atoms with Crippen LogP contribution in [0.15, 0.2) is 59.6 Å². The molecule has 25 heavy (non-hydrogen) atoms. The number of aryl methyl sites for hydroxylation is 1. The van der Waals surface area contributed by atoms with Crippen LogP contribution in [0, 0.1) is 0 Å². The number of halogens is 1. The normalized spacial score (nSPS) is 16.4. The minimum absolute atomic E-state index is 0.120. The van der Waals surface area contributed by atoms with E-state index in [4.69, 9.17) is 23.8 Å². The number of thioether (sulfide) groups is 1. The molecule has 2 heterocycles. The molecule has 1 fully saturated rings. The number of carbonyl (C=O) groups is 1. The van der Waals surface area contributed by atoms with E-state index in [0.29, 0.717) is 19.9 Å². The summed E-state index contributed by atoms with van der Waals surface area (Å²) in [6.45, 7) is 0. The lowest BCUT2D eigenvalue weighted by Gasteiger charge is -2.14. The molecule has 2 aromatic carbocycles. The first-order chi connectivity index (χ1) is 12.0. The number of para-hydroxylation sites is 1. The van der Waals surface area contributed by atoms with Gasteiger partial charge in [-0.2, -0.15) is 0 Å². The number of benzene rings is 2. The van der Waals surface area contributed by atoms with E-state index in [1.807, 2.05) is 43.6 Å². The SMILES string of the molecule is Cn1cc(/C=C2\SC(=S)N(c3cccc(Cl)c3)C2=O)c2ccccc21. The van der Waals surface area contributed by atoms with E-state index >= 15 is 0 Å². The first kappa shape index (κ1) is 16.4. The second-order valence-corrected chi connectivity index (χ2v) is 7.82. The number of carbonyl (C=O) groups excluding carboxylic acids is 1. The van der Waals surface area contributed by atoms with Gasteiger partial charge in [-0.1, -0.05) is 59.8 Å². The topological polar surface area (TPSA) is 25.2 Å². The van der Waals surface area contributed by atoms with Crippen LogP contribution in [0.5, 0.6) is 0 Å². The van der Waals surface area contributed by atoms with Crippen molar-refractivity contribution in [1.82, 2.24) is 4.57 Å². The summed E-state index contributed by atoms with van der Waals surface area (Å²) in [5.41, 5.74) is 2.82. The van der Waals surface area contributed by atoms with Crippen molar-refractivity contribution in [3.05, 3.63) is 70.2 Å². The van der Waals surface area contributed by atoms with Crippen LogP contribution >= 0.6 is 35.6 Å². The summed E-state index contributed by atoms with van der Waals surface area (Å²) in [7, 11) is 2.00. The highest BCUT2D eigenvalue weighted by Crippen LogP contribution is 2.37. The maximum absolute atomic E-state index is 12.9. The third kappa shape index (κ3) is 2.88. The van der Waals surface area contributed by atoms with Gasteiger partial charge in [0.15, 0.2) is 4.32 Å². The largest absolute Gasteiger partial charge is 0.350 e. The van der Waals surface area contributed by atoms with Crippen molar-refractivity contribution in [3.63, 3.8) is 0 Å². The molecule has 0 saturated carbocycles. The van der Waals surface area contributed by atoms with Crippen molar-refractivity contribution >= 4 is 68.5 Å². The number of aromatic nitrogens is 1. The quantitative estimate of drug-likeness (QED) is 0.446. The van der Waals surface area contributed by atoms with E-state index in [9.17, 15) is 4.79 Å². The van der Waals surface area contributed by atoms with Crippen molar-refractivity contribution in [2.45, 2.75) is 0 Å². The van der Waals surface area contributed by atoms with Gasteiger partial charge in [0, 0.05) is 34.7 Å². The standard InChI is InChI=1S/C19H13ClN2OS2/c1-21-11-12(15-7-2-3-8-16(15)21)9-17-18(23)22(19(24)25-17)14-6-4-5-13(20)10-14/h2-11H,1H3/b17-9-. The lowest BCUT2D eigenvalue weighted by atomic mass is 10.1. The summed E-state index contributed by atoms with van der Waals surface area (Å²) < 4.78 is 2.57. The van der Waals surface area contributed by atoms with E-state index in [-0.39, 0.29) is 5.91 Å². The molecule has 0 radical (unpaired) electrons. The Balaban J connectivity index is 1.75. The van der Waals surface area contributed by atoms with Crippen molar-refractivity contribution in [1.29, 1.82) is 0 Å². The van der Waals surface area contributed by atoms with E-state index in [1.165, 1.54) is 16.7 Å². The predicted octanol–water partition coefficient (Wildman–Crippen LogP) is 5.24. The number of fused-ring (bicyclic) bond motifs is 1. The Kier molecular flexibility index (Phi) is 4.15. The Labute approximate surface area is 159 Å². The van der Waals surface area contributed by atoms with Gasteiger partial charge in [-0.05, 0) is 30.3 Å². The average molecular weight is 385 g/mol. The van der Waals surface area contributed by atoms with Crippen LogP contribution in [0.4, 0.5) is 5.69 Å². The molecule has 0 N–H and O–H groups in total. The smallest absolute Gasteiger partial charge is 0.270 e. The van der Waals surface area contributed by atoms with Crippen LogP contribution in [0.3, 0.4) is 0 Å². The molecule has 1 aromatic heterocycles. The second-order valence-electron chi connectivity index (χ2n) is 5.71. The number of anilines is 1. The van der Waals surface area contributed by atoms with E-state index < -0.39 is 0 Å². The zero-order valence-electron chi connectivity index (χ0n) is 13.3. The van der Waals surface area contributed by atoms with Crippen LogP contribution < -0.4 is 4.90 Å². The first-order valence-electron chi connectivity index (χ1n) is 7.62. The Morgan fingerprint density at radius 1 is 1.16 bits per heavy atom. The molecule has 1 aliphatic heterocycles. The second kappa shape index (κ2) is 6.33. The summed E-state index contributed by atoms with van der Waals surface area (Å²) in [4.78, 5) is 15.0. The fourth-order valence-electron chi connectivity index (χ4n) is 2.93. The van der Waals surface area contributed by atoms with Gasteiger partial charge in [-0.3, -0.25) is 9.69 Å². The van der Waals surface area contributed by atoms with Gasteiger partial charge >= 0.3 is 0 Å². The van der Waals surface area contributed by atoms with Crippen molar-refractivity contribution in [2.24, 2.45) is 7.05 Å². The van der Waals surface area contributed by atoms with Gasteiger partial charge in [0.05, 0.1) is 10.6 Å². The molecule has 1 saturated heterocycles. The van der Waals surface area contributed by atoms with Crippen LogP contribution in [0.25, 0.3) is 17.0 Å². The molecule has 0 spiro atoms. The van der Waals surface area contributed by atoms with Crippen LogP contribution in [0.1, 0.15) is 5.56 Å². The highest BCUT2D eigenvalue weighted by Gasteiger charge is 2.33. The minimum atomic E-state index is -0.120. The van der Waals surface area contributed by atoms with Crippen LogP contribution in [-0.2, 0) is 11.8 Å². The molecule has 3 nitrogen and oxygen atoms in total. The summed E-state index contributed by atoms with van der Waals surface area (Å²) in [5.74, 6) is -0.120. The van der Waals surface area contributed by atoms with Crippen molar-refractivity contribution in [2.75, 3.05) is 4.90 Å². The summed E-state index contributed by atoms with van der Waals surface area (Å²) in [6, 6.07) is 15.3. The van der Waals surface area contributed by atoms with E-state index in [2.05, 4.69) is 16.7 Å². The molecular formula is C19H13ClN2OS2. The fraction of sp³-hybridized carbons (Fsp3) is 0.0526. The minimum Gasteiger partial charge on any atom is -0.350 e. The molecule has 6 heteroatoms. The molecule has 0 bridgehead atoms. The fourth-order valence-corrected chi connectivity index (χ4v) is 4.41. The molecule has 0 aliphatic carbocycles. The van der Waals surface area contributed by atoms with Crippen molar-refractivity contribution in [3.8, 4) is 0 Å². The highest BCUT2D eigenvalue weighted by atomic mass is 35.5. The number of amides is 1. The molecule has 0 atom stereocenters. The maximum atomic E-state index is 12.9. The van der Waals surface area contributed by atoms with Gasteiger partial charge in [0.2, 0.25) is 0 Å². The number of thiocarbonyl (C=S) groups is 1. The van der Waals surface area contributed by atoms with Gasteiger partial charge in [0.1, 0.15) is 0 Å². The number of hydrogen-bond acceptors (Lipinski definition) is 3. The van der Waals surface area contributed by atoms with E-state index in [1.54, 1.807) is 12.1 Å². The zero-order valence-corrected chi connectivity index (χ0v) is 15.7. The number of hydrogen-bond donors (Lipinski definition) is 0. The lowest BCUT2D eigenvalue weighted by molar-refractivity contribution is -0.113. The summed E-state index contributed by atoms with van der Waals surface area (Å²) in [6.07, 6.45) is 3.93. The average Bonchev–Trinajstić information content (AvgIpc) is 3.05. The highest BCUT2D eigenvalue weighted by molar-refractivity contribution is 8.27. The molecule has 3 aromatic rings. The Hall–Kier alpha value is -2.08. The monoisotopic (exact) mass is 384 g/mol. The predicted molar refractivity (Wildman–Crippen MR) is 110 cm³/mol. The van der Waals surface area contributed by atoms with Gasteiger partial charge in [0.25, 0.3) is 5.91 Å². The molecule has 1 aliphatic rings. The third-order valence-electron chi connectivity index (χ3n) is 4.07. The van der Waals surface area contributed by atoms with Crippen LogP contribution in [0.2, 0.25) is 5.02 Å². The Bertz CT molecular complexity index is 1050. The molecule has 0 unspecified atom stereocenters. The molecule has 124 valence electrons. The lowest BCUT2D eigenvalue weighted by Crippen LogP contribution is -2.27. The Morgan fingerprint density at radius 2 is 1.96 bits per heavy atom. The molecule has 4 rings (SSSR count). The summed E-state index contributed by atoms with van der Waals surface area (Å²) in [5, 5.41) is 1.68. The number of rotatable bonds is 2. The van der Waals surface area contributed by atoms with Crippen molar-refractivity contribution < 1.29 is 4.79 Å². The van der Waals surface area contributed by atoms with Crippen LogP contribution in [-0.4, -0.2) is 14.8 Å². The third-order valence-corrected chi connectivity index (χ3v) is 5.61. The van der Waals surface area contributed by atoms with Gasteiger partial charge in [-0.25, -0.2) is 0 Å². The number of nitrogens with zero attached hydrogens (tertiary/aromatic N) is 2. The van der Waals surface area contributed by atoms with Gasteiger partial charge < -0.3 is 4.57 Å².